The van der Waals surface area contributed by atoms with E-state index in [9.17, 15) is 13.9 Å². The molecule has 122 valence electrons. The van der Waals surface area contributed by atoms with E-state index in [1.165, 1.54) is 24.4 Å². The topological polar surface area (TPSA) is 51.0 Å². The number of phenolic OH excluding ortho intramolecular Hbond substituents is 1. The summed E-state index contributed by atoms with van der Waals surface area (Å²) in [6.07, 6.45) is 1.43. The largest absolute Gasteiger partial charge is 0.504 e. The molecule has 0 aliphatic heterocycles. The Morgan fingerprint density at radius 3 is 2.70 bits per heavy atom. The zero-order chi connectivity index (χ0) is 16.8. The molecule has 0 spiro atoms. The van der Waals surface area contributed by atoms with Gasteiger partial charge in [0.25, 0.3) is 0 Å². The Balaban J connectivity index is 2.20. The molecule has 0 saturated heterocycles. The molecule has 2 aromatic rings. The van der Waals surface area contributed by atoms with Crippen LogP contribution < -0.4 is 9.47 Å². The molecular weight excluding hydrogens is 328 g/mol. The van der Waals surface area contributed by atoms with Gasteiger partial charge in [0.2, 0.25) is 0 Å². The molecule has 4 nitrogen and oxygen atoms in total. The van der Waals surface area contributed by atoms with E-state index in [-0.39, 0.29) is 16.5 Å². The molecule has 2 rings (SSSR count). The quantitative estimate of drug-likeness (QED) is 0.768. The van der Waals surface area contributed by atoms with E-state index in [1.807, 2.05) is 6.92 Å². The van der Waals surface area contributed by atoms with Gasteiger partial charge < -0.3 is 14.6 Å². The molecule has 0 unspecified atom stereocenters. The lowest BCUT2D eigenvalue weighted by atomic mass is 10.2. The van der Waals surface area contributed by atoms with Gasteiger partial charge in [-0.05, 0) is 37.3 Å². The highest BCUT2D eigenvalue weighted by atomic mass is 35.5. The van der Waals surface area contributed by atoms with Gasteiger partial charge in [0.05, 0.1) is 17.3 Å². The van der Waals surface area contributed by atoms with Crippen molar-refractivity contribution in [2.75, 3.05) is 6.61 Å². The van der Waals surface area contributed by atoms with Crippen molar-refractivity contribution < 1.29 is 23.4 Å². The van der Waals surface area contributed by atoms with Gasteiger partial charge >= 0.3 is 6.61 Å². The van der Waals surface area contributed by atoms with Crippen molar-refractivity contribution in [3.8, 4) is 17.2 Å². The second-order valence-corrected chi connectivity index (χ2v) is 4.79. The van der Waals surface area contributed by atoms with Crippen LogP contribution in [0.4, 0.5) is 14.5 Å². The summed E-state index contributed by atoms with van der Waals surface area (Å²) in [4.78, 5) is 4.15. The second-order valence-electron chi connectivity index (χ2n) is 4.38. The fraction of sp³-hybridized carbons (Fsp3) is 0.188. The molecule has 0 heterocycles. The van der Waals surface area contributed by atoms with Gasteiger partial charge in [-0.15, -0.1) is 0 Å². The summed E-state index contributed by atoms with van der Waals surface area (Å²) < 4.78 is 33.9. The Kier molecular flexibility index (Phi) is 5.76. The van der Waals surface area contributed by atoms with Gasteiger partial charge in [0, 0.05) is 11.8 Å². The number of aromatic hydroxyl groups is 1. The van der Waals surface area contributed by atoms with Gasteiger partial charge in [-0.25, -0.2) is 0 Å². The zero-order valence-electron chi connectivity index (χ0n) is 12.2. The minimum Gasteiger partial charge on any atom is -0.504 e. The van der Waals surface area contributed by atoms with Crippen LogP contribution in [0.15, 0.2) is 41.4 Å². The molecule has 0 radical (unpaired) electrons. The summed E-state index contributed by atoms with van der Waals surface area (Å²) in [5.74, 6) is 0.207. The smallest absolute Gasteiger partial charge is 0.387 e. The number of nitrogens with zero attached hydrogens (tertiary/aromatic N) is 1. The third-order valence-corrected chi connectivity index (χ3v) is 3.11. The van der Waals surface area contributed by atoms with Crippen molar-refractivity contribution >= 4 is 23.5 Å². The van der Waals surface area contributed by atoms with E-state index in [4.69, 9.17) is 16.3 Å². The third-order valence-electron chi connectivity index (χ3n) is 2.81. The van der Waals surface area contributed by atoms with Crippen LogP contribution in [-0.2, 0) is 0 Å². The lowest BCUT2D eigenvalue weighted by molar-refractivity contribution is -0.0497. The third kappa shape index (κ3) is 4.56. The van der Waals surface area contributed by atoms with Crippen LogP contribution in [0.5, 0.6) is 17.2 Å². The van der Waals surface area contributed by atoms with Crippen molar-refractivity contribution in [1.29, 1.82) is 0 Å². The van der Waals surface area contributed by atoms with Crippen LogP contribution in [0.2, 0.25) is 5.02 Å². The number of ether oxygens (including phenoxy) is 2. The zero-order valence-corrected chi connectivity index (χ0v) is 12.9. The maximum absolute atomic E-state index is 12.2. The number of benzene rings is 2. The van der Waals surface area contributed by atoms with E-state index in [0.717, 1.165) is 0 Å². The summed E-state index contributed by atoms with van der Waals surface area (Å²) in [6, 6.07) is 9.19. The number of alkyl halides is 2. The van der Waals surface area contributed by atoms with E-state index in [0.29, 0.717) is 23.6 Å². The molecule has 0 aliphatic carbocycles. The van der Waals surface area contributed by atoms with E-state index >= 15 is 0 Å². The first-order valence-corrected chi connectivity index (χ1v) is 7.12. The molecule has 2 aromatic carbocycles. The van der Waals surface area contributed by atoms with E-state index in [1.54, 1.807) is 18.2 Å². The lowest BCUT2D eigenvalue weighted by Crippen LogP contribution is -2.01. The van der Waals surface area contributed by atoms with Crippen molar-refractivity contribution in [1.82, 2.24) is 0 Å². The maximum atomic E-state index is 12.2. The molecule has 0 amide bonds. The van der Waals surface area contributed by atoms with Crippen LogP contribution in [0.1, 0.15) is 12.5 Å². The number of aliphatic imine (C=N–C) groups is 1. The van der Waals surface area contributed by atoms with Crippen molar-refractivity contribution in [2.45, 2.75) is 13.5 Å². The van der Waals surface area contributed by atoms with E-state index in [2.05, 4.69) is 9.73 Å². The van der Waals surface area contributed by atoms with Gasteiger partial charge in [-0.3, -0.25) is 4.99 Å². The van der Waals surface area contributed by atoms with Gasteiger partial charge in [0.15, 0.2) is 11.5 Å². The second kappa shape index (κ2) is 7.78. The average Bonchev–Trinajstić information content (AvgIpc) is 2.50. The molecule has 0 bridgehead atoms. The predicted molar refractivity (Wildman–Crippen MR) is 84.6 cm³/mol. The Labute approximate surface area is 136 Å². The molecule has 1 N–H and O–H groups in total. The Morgan fingerprint density at radius 1 is 1.26 bits per heavy atom. The summed E-state index contributed by atoms with van der Waals surface area (Å²) in [6.45, 7) is -0.708. The fourth-order valence-corrected chi connectivity index (χ4v) is 2.04. The van der Waals surface area contributed by atoms with Gasteiger partial charge in [0.1, 0.15) is 5.75 Å². The first kappa shape index (κ1) is 17.0. The highest BCUT2D eigenvalue weighted by Crippen LogP contribution is 2.31. The normalized spacial score (nSPS) is 11.2. The highest BCUT2D eigenvalue weighted by Gasteiger charge is 2.09. The van der Waals surface area contributed by atoms with Crippen molar-refractivity contribution in [3.05, 3.63) is 47.0 Å². The predicted octanol–water partition coefficient (Wildman–Crippen LogP) is 4.80. The molecule has 23 heavy (non-hydrogen) atoms. The number of hydrogen-bond acceptors (Lipinski definition) is 4. The summed E-state index contributed by atoms with van der Waals surface area (Å²) in [5, 5.41) is 10.1. The van der Waals surface area contributed by atoms with Crippen molar-refractivity contribution in [3.63, 3.8) is 0 Å². The Bertz CT molecular complexity index is 708. The van der Waals surface area contributed by atoms with Crippen LogP contribution in [0.3, 0.4) is 0 Å². The Hall–Kier alpha value is -2.34. The van der Waals surface area contributed by atoms with Crippen molar-refractivity contribution in [2.24, 2.45) is 4.99 Å². The first-order chi connectivity index (χ1) is 11.0. The number of para-hydroxylation sites is 1. The van der Waals surface area contributed by atoms with Gasteiger partial charge in [-0.2, -0.15) is 8.78 Å². The van der Waals surface area contributed by atoms with Crippen LogP contribution in [0, 0.1) is 0 Å². The number of hydrogen-bond donors (Lipinski definition) is 1. The summed E-state index contributed by atoms with van der Waals surface area (Å²) >= 11 is 5.85. The maximum Gasteiger partial charge on any atom is 0.387 e. The van der Waals surface area contributed by atoms with Crippen LogP contribution in [-0.4, -0.2) is 24.5 Å². The fourth-order valence-electron chi connectivity index (χ4n) is 1.82. The lowest BCUT2D eigenvalue weighted by Gasteiger charge is -2.08. The standard InChI is InChI=1S/C16H14ClF2NO3/c1-2-22-14-5-3-4-10(15(14)21)9-20-11-6-7-13(12(17)8-11)23-16(18)19/h3-9,16,21H,2H2,1H3. The summed E-state index contributed by atoms with van der Waals surface area (Å²) in [5.41, 5.74) is 0.887. The van der Waals surface area contributed by atoms with E-state index < -0.39 is 6.61 Å². The minimum absolute atomic E-state index is 0.0206. The minimum atomic E-state index is -2.94. The highest BCUT2D eigenvalue weighted by molar-refractivity contribution is 6.32. The molecule has 0 atom stereocenters. The van der Waals surface area contributed by atoms with Crippen LogP contribution >= 0.6 is 11.6 Å². The van der Waals surface area contributed by atoms with Gasteiger partial charge in [-0.1, -0.05) is 17.7 Å². The number of phenols is 1. The van der Waals surface area contributed by atoms with Crippen LogP contribution in [0.25, 0.3) is 0 Å². The first-order valence-electron chi connectivity index (χ1n) is 6.74. The molecule has 0 aliphatic rings. The average molecular weight is 342 g/mol. The molecule has 7 heteroatoms. The molecule has 0 saturated carbocycles. The summed E-state index contributed by atoms with van der Waals surface area (Å²) in [7, 11) is 0. The number of rotatable bonds is 6. The molecular formula is C16H14ClF2NO3. The molecule has 0 fully saturated rings. The molecule has 0 aromatic heterocycles. The monoisotopic (exact) mass is 341 g/mol. The Morgan fingerprint density at radius 2 is 2.04 bits per heavy atom. The SMILES string of the molecule is CCOc1cccc(C=Nc2ccc(OC(F)F)c(Cl)c2)c1O. The number of halogens is 3.